The molecular weight excluding hydrogens is 374 g/mol. The normalized spacial score (nSPS) is 11.3. The number of hydrogen-bond acceptors (Lipinski definition) is 6. The molecule has 0 unspecified atom stereocenters. The first kappa shape index (κ1) is 16.5. The lowest BCUT2D eigenvalue weighted by molar-refractivity contribution is 0.843. The van der Waals surface area contributed by atoms with Crippen LogP contribution in [0.4, 0.5) is 0 Å². The number of hydrogen-bond donors (Lipinski definition) is 0. The summed E-state index contributed by atoms with van der Waals surface area (Å²) in [6.45, 7) is 3.96. The highest BCUT2D eigenvalue weighted by atomic mass is 35.5. The number of fused-ring (bicyclic) bond motifs is 1. The molecule has 4 rings (SSSR count). The molecule has 0 saturated heterocycles. The van der Waals surface area contributed by atoms with Crippen LogP contribution in [0.25, 0.3) is 16.3 Å². The average Bonchev–Trinajstić information content (AvgIpc) is 3.20. The van der Waals surface area contributed by atoms with E-state index in [1.807, 2.05) is 44.2 Å². The molecule has 0 bridgehead atoms. The van der Waals surface area contributed by atoms with E-state index in [0.29, 0.717) is 10.9 Å². The SMILES string of the molecule is Cc1cc(C)n2nc(SCc3csc(-c4ccc(Cl)cc4)n3)nc2n1. The molecule has 0 spiro atoms. The quantitative estimate of drug-likeness (QED) is 0.470. The number of benzene rings is 1. The predicted molar refractivity (Wildman–Crippen MR) is 102 cm³/mol. The predicted octanol–water partition coefficient (Wildman–Crippen LogP) is 4.81. The Morgan fingerprint density at radius 3 is 2.72 bits per heavy atom. The molecule has 0 aliphatic heterocycles. The first-order valence-corrected chi connectivity index (χ1v) is 9.87. The van der Waals surface area contributed by atoms with Gasteiger partial charge in [0.1, 0.15) is 5.01 Å². The van der Waals surface area contributed by atoms with Crippen molar-refractivity contribution in [1.29, 1.82) is 0 Å². The Balaban J connectivity index is 1.50. The molecular formula is C17H14ClN5S2. The summed E-state index contributed by atoms with van der Waals surface area (Å²) in [7, 11) is 0. The van der Waals surface area contributed by atoms with Crippen molar-refractivity contribution < 1.29 is 0 Å². The van der Waals surface area contributed by atoms with Gasteiger partial charge in [-0.2, -0.15) is 4.98 Å². The molecule has 3 heterocycles. The summed E-state index contributed by atoms with van der Waals surface area (Å²) < 4.78 is 1.77. The van der Waals surface area contributed by atoms with Gasteiger partial charge in [-0.3, -0.25) is 0 Å². The molecule has 0 atom stereocenters. The molecule has 0 fully saturated rings. The van der Waals surface area contributed by atoms with Crippen LogP contribution in [0.1, 0.15) is 17.1 Å². The highest BCUT2D eigenvalue weighted by Gasteiger charge is 2.10. The van der Waals surface area contributed by atoms with Crippen LogP contribution in [-0.2, 0) is 5.75 Å². The van der Waals surface area contributed by atoms with Crippen LogP contribution in [-0.4, -0.2) is 24.6 Å². The minimum atomic E-state index is 0.639. The summed E-state index contributed by atoms with van der Waals surface area (Å²) in [6.07, 6.45) is 0. The van der Waals surface area contributed by atoms with E-state index in [0.717, 1.165) is 38.4 Å². The van der Waals surface area contributed by atoms with Gasteiger partial charge in [-0.05, 0) is 32.0 Å². The van der Waals surface area contributed by atoms with Gasteiger partial charge in [0, 0.05) is 33.1 Å². The van der Waals surface area contributed by atoms with Gasteiger partial charge in [0.15, 0.2) is 0 Å². The molecule has 0 aliphatic rings. The molecule has 4 aromatic rings. The molecule has 0 aliphatic carbocycles. The molecule has 0 amide bonds. The largest absolute Gasteiger partial charge is 0.253 e. The van der Waals surface area contributed by atoms with Crippen LogP contribution < -0.4 is 0 Å². The van der Waals surface area contributed by atoms with E-state index in [1.165, 1.54) is 0 Å². The van der Waals surface area contributed by atoms with Crippen LogP contribution >= 0.6 is 34.7 Å². The number of aryl methyl sites for hydroxylation is 2. The van der Waals surface area contributed by atoms with Crippen molar-refractivity contribution in [2.75, 3.05) is 0 Å². The maximum Gasteiger partial charge on any atom is 0.253 e. The summed E-state index contributed by atoms with van der Waals surface area (Å²) in [4.78, 5) is 13.6. The third kappa shape index (κ3) is 3.53. The lowest BCUT2D eigenvalue weighted by atomic mass is 10.2. The van der Waals surface area contributed by atoms with Crippen molar-refractivity contribution in [3.63, 3.8) is 0 Å². The Labute approximate surface area is 158 Å². The fourth-order valence-electron chi connectivity index (χ4n) is 2.45. The van der Waals surface area contributed by atoms with Crippen LogP contribution in [0, 0.1) is 13.8 Å². The molecule has 5 nitrogen and oxygen atoms in total. The molecule has 3 aromatic heterocycles. The number of nitrogens with zero attached hydrogens (tertiary/aromatic N) is 5. The lowest BCUT2D eigenvalue weighted by Gasteiger charge is -1.97. The second-order valence-electron chi connectivity index (χ2n) is 5.58. The summed E-state index contributed by atoms with van der Waals surface area (Å²) in [5.74, 6) is 1.36. The van der Waals surface area contributed by atoms with Crippen LogP contribution in [0.5, 0.6) is 0 Å². The van der Waals surface area contributed by atoms with Crippen LogP contribution in [0.3, 0.4) is 0 Å². The second-order valence-corrected chi connectivity index (χ2v) is 7.82. The third-order valence-corrected chi connectivity index (χ3v) is 5.65. The van der Waals surface area contributed by atoms with E-state index in [9.17, 15) is 0 Å². The Morgan fingerprint density at radius 2 is 1.92 bits per heavy atom. The minimum absolute atomic E-state index is 0.639. The monoisotopic (exact) mass is 387 g/mol. The number of rotatable bonds is 4. The zero-order valence-corrected chi connectivity index (χ0v) is 16.0. The van der Waals surface area contributed by atoms with Gasteiger partial charge in [-0.15, -0.1) is 16.4 Å². The number of thioether (sulfide) groups is 1. The highest BCUT2D eigenvalue weighted by Crippen LogP contribution is 2.28. The molecule has 8 heteroatoms. The van der Waals surface area contributed by atoms with Crippen molar-refractivity contribution in [3.8, 4) is 10.6 Å². The van der Waals surface area contributed by atoms with Crippen molar-refractivity contribution in [1.82, 2.24) is 24.6 Å². The van der Waals surface area contributed by atoms with Gasteiger partial charge in [0.25, 0.3) is 5.78 Å². The van der Waals surface area contributed by atoms with Crippen LogP contribution in [0.15, 0.2) is 40.9 Å². The minimum Gasteiger partial charge on any atom is -0.240 e. The van der Waals surface area contributed by atoms with E-state index in [4.69, 9.17) is 11.6 Å². The first-order chi connectivity index (χ1) is 12.1. The smallest absolute Gasteiger partial charge is 0.240 e. The van der Waals surface area contributed by atoms with Gasteiger partial charge in [0.05, 0.1) is 5.69 Å². The molecule has 0 saturated carbocycles. The lowest BCUT2D eigenvalue weighted by Crippen LogP contribution is -1.97. The van der Waals surface area contributed by atoms with E-state index >= 15 is 0 Å². The van der Waals surface area contributed by atoms with E-state index in [-0.39, 0.29) is 0 Å². The average molecular weight is 388 g/mol. The van der Waals surface area contributed by atoms with Crippen molar-refractivity contribution in [2.45, 2.75) is 24.8 Å². The molecule has 0 N–H and O–H groups in total. The Morgan fingerprint density at radius 1 is 1.12 bits per heavy atom. The summed E-state index contributed by atoms with van der Waals surface area (Å²) >= 11 is 9.13. The topological polar surface area (TPSA) is 56.0 Å². The fourth-order valence-corrected chi connectivity index (χ4v) is 4.21. The molecule has 126 valence electrons. The Kier molecular flexibility index (Phi) is 4.45. The molecule has 25 heavy (non-hydrogen) atoms. The van der Waals surface area contributed by atoms with Gasteiger partial charge in [-0.25, -0.2) is 14.5 Å². The van der Waals surface area contributed by atoms with Crippen molar-refractivity contribution >= 4 is 40.5 Å². The van der Waals surface area contributed by atoms with Gasteiger partial charge in [0.2, 0.25) is 5.16 Å². The highest BCUT2D eigenvalue weighted by molar-refractivity contribution is 7.98. The maximum absolute atomic E-state index is 5.93. The molecule has 0 radical (unpaired) electrons. The second kappa shape index (κ2) is 6.74. The van der Waals surface area contributed by atoms with Crippen molar-refractivity contribution in [2.24, 2.45) is 0 Å². The summed E-state index contributed by atoms with van der Waals surface area (Å²) in [5.41, 5.74) is 4.06. The molecule has 1 aromatic carbocycles. The standard InChI is InChI=1S/C17H14ClN5S2/c1-10-7-11(2)23-16(19-10)21-17(22-23)25-9-14-8-24-15(20-14)12-3-5-13(18)6-4-12/h3-8H,9H2,1-2H3. The Bertz CT molecular complexity index is 1040. The first-order valence-electron chi connectivity index (χ1n) is 7.63. The number of aromatic nitrogens is 5. The fraction of sp³-hybridized carbons (Fsp3) is 0.176. The van der Waals surface area contributed by atoms with E-state index in [1.54, 1.807) is 27.6 Å². The van der Waals surface area contributed by atoms with E-state index < -0.39 is 0 Å². The maximum atomic E-state index is 5.93. The zero-order valence-electron chi connectivity index (χ0n) is 13.6. The summed E-state index contributed by atoms with van der Waals surface area (Å²) in [6, 6.07) is 9.72. The van der Waals surface area contributed by atoms with E-state index in [2.05, 4.69) is 25.4 Å². The summed E-state index contributed by atoms with van der Waals surface area (Å²) in [5, 5.41) is 9.01. The van der Waals surface area contributed by atoms with Gasteiger partial charge in [-0.1, -0.05) is 35.5 Å². The number of halogens is 1. The van der Waals surface area contributed by atoms with Crippen LogP contribution in [0.2, 0.25) is 5.02 Å². The van der Waals surface area contributed by atoms with Gasteiger partial charge < -0.3 is 0 Å². The number of thiazole rings is 1. The third-order valence-electron chi connectivity index (χ3n) is 3.59. The Hall–Kier alpha value is -1.96. The zero-order chi connectivity index (χ0) is 17.4. The van der Waals surface area contributed by atoms with Crippen molar-refractivity contribution in [3.05, 3.63) is 57.8 Å². The van der Waals surface area contributed by atoms with Gasteiger partial charge >= 0.3 is 0 Å².